The number of ether oxygens (including phenoxy) is 1. The number of rotatable bonds is 1. The number of nitrogens with zero attached hydrogens (tertiary/aromatic N) is 1. The number of halogens is 1. The quantitative estimate of drug-likeness (QED) is 0.866. The van der Waals surface area contributed by atoms with E-state index in [1.54, 1.807) is 12.1 Å². The predicted octanol–water partition coefficient (Wildman–Crippen LogP) is 2.96. The topological polar surface area (TPSA) is 32.7 Å². The van der Waals surface area contributed by atoms with Crippen LogP contribution in [-0.2, 0) is 0 Å². The molecule has 6 rings (SSSR count). The van der Waals surface area contributed by atoms with Gasteiger partial charge >= 0.3 is 0 Å². The molecular weight excluding hydrogens is 281 g/mol. The van der Waals surface area contributed by atoms with Gasteiger partial charge in [-0.2, -0.15) is 0 Å². The Hall–Kier alpha value is -1.29. The van der Waals surface area contributed by atoms with Gasteiger partial charge < -0.3 is 14.7 Å². The lowest BCUT2D eigenvalue weighted by Gasteiger charge is -2.61. The third kappa shape index (κ3) is 1.82. The van der Waals surface area contributed by atoms with E-state index in [0.717, 1.165) is 37.2 Å². The van der Waals surface area contributed by atoms with E-state index >= 15 is 0 Å². The second-order valence-corrected chi connectivity index (χ2v) is 7.84. The predicted molar refractivity (Wildman–Crippen MR) is 81.5 cm³/mol. The summed E-state index contributed by atoms with van der Waals surface area (Å²) in [5.74, 6) is 2.40. The Morgan fingerprint density at radius 2 is 1.95 bits per heavy atom. The zero-order chi connectivity index (χ0) is 14.9. The number of anilines is 1. The second kappa shape index (κ2) is 4.38. The van der Waals surface area contributed by atoms with Crippen molar-refractivity contribution in [1.29, 1.82) is 0 Å². The van der Waals surface area contributed by atoms with Crippen molar-refractivity contribution in [3.05, 3.63) is 24.0 Å². The standard InChI is InChI=1S/C18H22FNO2/c19-14-1-2-16-15(7-14)20(3-4-22-16)17-12-5-11-6-13(17)10-18(21,8-11)9-12/h1-2,7,11-13,17,21H,3-6,8-10H2. The number of hydrogen-bond donors (Lipinski definition) is 1. The lowest BCUT2D eigenvalue weighted by molar-refractivity contribution is -0.134. The van der Waals surface area contributed by atoms with Gasteiger partial charge in [-0.15, -0.1) is 0 Å². The Morgan fingerprint density at radius 3 is 2.68 bits per heavy atom. The van der Waals surface area contributed by atoms with Crippen LogP contribution in [0, 0.1) is 23.6 Å². The van der Waals surface area contributed by atoms with Gasteiger partial charge in [0.2, 0.25) is 0 Å². The van der Waals surface area contributed by atoms with Crippen LogP contribution in [0.4, 0.5) is 10.1 Å². The lowest BCUT2D eigenvalue weighted by atomic mass is 9.52. The SMILES string of the molecule is OC12CC3CC(C1)C(N1CCOc4ccc(F)cc41)C(C3)C2. The van der Waals surface area contributed by atoms with E-state index < -0.39 is 5.60 Å². The minimum Gasteiger partial charge on any atom is -0.490 e. The Labute approximate surface area is 130 Å². The molecule has 2 unspecified atom stereocenters. The van der Waals surface area contributed by atoms with Crippen molar-refractivity contribution in [3.63, 3.8) is 0 Å². The van der Waals surface area contributed by atoms with Gasteiger partial charge in [0.05, 0.1) is 17.8 Å². The molecule has 1 aliphatic heterocycles. The van der Waals surface area contributed by atoms with Crippen molar-refractivity contribution in [2.75, 3.05) is 18.1 Å². The van der Waals surface area contributed by atoms with Crippen LogP contribution in [0.5, 0.6) is 5.75 Å². The fourth-order valence-electron chi connectivity index (χ4n) is 5.98. The maximum Gasteiger partial charge on any atom is 0.142 e. The molecular formula is C18H22FNO2. The highest BCUT2D eigenvalue weighted by Gasteiger charge is 2.56. The van der Waals surface area contributed by atoms with Gasteiger partial charge in [-0.3, -0.25) is 0 Å². The largest absolute Gasteiger partial charge is 0.490 e. The normalized spacial score (nSPS) is 42.2. The number of benzene rings is 1. The molecule has 2 atom stereocenters. The van der Waals surface area contributed by atoms with Crippen molar-refractivity contribution >= 4 is 5.69 Å². The molecule has 0 aromatic heterocycles. The summed E-state index contributed by atoms with van der Waals surface area (Å²) in [4.78, 5) is 2.39. The highest BCUT2D eigenvalue weighted by molar-refractivity contribution is 5.61. The minimum absolute atomic E-state index is 0.198. The minimum atomic E-state index is -0.413. The van der Waals surface area contributed by atoms with Gasteiger partial charge in [0.15, 0.2) is 0 Å². The van der Waals surface area contributed by atoms with Crippen LogP contribution in [0.1, 0.15) is 32.1 Å². The van der Waals surface area contributed by atoms with Crippen LogP contribution >= 0.6 is 0 Å². The highest BCUT2D eigenvalue weighted by Crippen LogP contribution is 2.57. The third-order valence-electron chi connectivity index (χ3n) is 6.37. The van der Waals surface area contributed by atoms with Crippen molar-refractivity contribution in [2.24, 2.45) is 17.8 Å². The van der Waals surface area contributed by atoms with Crippen molar-refractivity contribution in [1.82, 2.24) is 0 Å². The number of aliphatic hydroxyl groups is 1. The number of hydrogen-bond acceptors (Lipinski definition) is 3. The van der Waals surface area contributed by atoms with Crippen LogP contribution in [0.3, 0.4) is 0 Å². The van der Waals surface area contributed by atoms with Crippen LogP contribution in [0.15, 0.2) is 18.2 Å². The van der Waals surface area contributed by atoms with Gasteiger partial charge in [-0.25, -0.2) is 4.39 Å². The summed E-state index contributed by atoms with van der Waals surface area (Å²) < 4.78 is 19.4. The third-order valence-corrected chi connectivity index (χ3v) is 6.37. The molecule has 0 saturated heterocycles. The Kier molecular flexibility index (Phi) is 2.62. The van der Waals surface area contributed by atoms with Crippen molar-refractivity contribution in [3.8, 4) is 5.75 Å². The summed E-state index contributed by atoms with van der Waals surface area (Å²) in [6, 6.07) is 5.29. The van der Waals surface area contributed by atoms with Crippen molar-refractivity contribution < 1.29 is 14.2 Å². The fourth-order valence-corrected chi connectivity index (χ4v) is 5.98. The van der Waals surface area contributed by atoms with Gasteiger partial charge in [-0.1, -0.05) is 0 Å². The molecule has 4 bridgehead atoms. The van der Waals surface area contributed by atoms with Crippen LogP contribution in [0.25, 0.3) is 0 Å². The first-order chi connectivity index (χ1) is 10.6. The molecule has 4 aliphatic carbocycles. The summed E-state index contributed by atoms with van der Waals surface area (Å²) >= 11 is 0. The van der Waals surface area contributed by atoms with Gasteiger partial charge in [0.1, 0.15) is 18.2 Å². The summed E-state index contributed by atoms with van der Waals surface area (Å²) in [5.41, 5.74) is 0.500. The van der Waals surface area contributed by atoms with E-state index in [-0.39, 0.29) is 5.82 Å². The van der Waals surface area contributed by atoms with Crippen LogP contribution < -0.4 is 9.64 Å². The van der Waals surface area contributed by atoms with Crippen LogP contribution in [-0.4, -0.2) is 29.9 Å². The van der Waals surface area contributed by atoms with E-state index in [9.17, 15) is 9.50 Å². The van der Waals surface area contributed by atoms with E-state index in [2.05, 4.69) is 4.90 Å². The molecule has 1 heterocycles. The number of fused-ring (bicyclic) bond motifs is 1. The molecule has 4 saturated carbocycles. The van der Waals surface area contributed by atoms with E-state index in [1.165, 1.54) is 18.9 Å². The second-order valence-electron chi connectivity index (χ2n) is 7.84. The van der Waals surface area contributed by atoms with E-state index in [4.69, 9.17) is 4.74 Å². The first-order valence-corrected chi connectivity index (χ1v) is 8.53. The molecule has 4 heteroatoms. The highest BCUT2D eigenvalue weighted by atomic mass is 19.1. The van der Waals surface area contributed by atoms with E-state index in [1.807, 2.05) is 0 Å². The zero-order valence-corrected chi connectivity index (χ0v) is 12.7. The molecule has 0 radical (unpaired) electrons. The van der Waals surface area contributed by atoms with Gasteiger partial charge in [0, 0.05) is 12.1 Å². The summed E-state index contributed by atoms with van der Waals surface area (Å²) in [7, 11) is 0. The molecule has 118 valence electrons. The first kappa shape index (κ1) is 13.2. The Balaban J connectivity index is 1.53. The maximum absolute atomic E-state index is 13.7. The average Bonchev–Trinajstić information content (AvgIpc) is 2.45. The maximum atomic E-state index is 13.7. The molecule has 1 aromatic carbocycles. The van der Waals surface area contributed by atoms with E-state index in [0.29, 0.717) is 30.4 Å². The van der Waals surface area contributed by atoms with Gasteiger partial charge in [-0.05, 0) is 62.0 Å². The molecule has 0 spiro atoms. The fraction of sp³-hybridized carbons (Fsp3) is 0.667. The van der Waals surface area contributed by atoms with Crippen molar-refractivity contribution in [2.45, 2.75) is 43.7 Å². The lowest BCUT2D eigenvalue weighted by Crippen LogP contribution is -2.62. The van der Waals surface area contributed by atoms with Crippen LogP contribution in [0.2, 0.25) is 0 Å². The summed E-state index contributed by atoms with van der Waals surface area (Å²) in [6.07, 6.45) is 5.30. The Morgan fingerprint density at radius 1 is 1.18 bits per heavy atom. The monoisotopic (exact) mass is 303 g/mol. The molecule has 3 nitrogen and oxygen atoms in total. The summed E-state index contributed by atoms with van der Waals surface area (Å²) in [5, 5.41) is 10.8. The first-order valence-electron chi connectivity index (χ1n) is 8.53. The van der Waals surface area contributed by atoms with Gasteiger partial charge in [0.25, 0.3) is 0 Å². The smallest absolute Gasteiger partial charge is 0.142 e. The zero-order valence-electron chi connectivity index (χ0n) is 12.7. The molecule has 5 aliphatic rings. The Bertz CT molecular complexity index is 603. The molecule has 22 heavy (non-hydrogen) atoms. The summed E-state index contributed by atoms with van der Waals surface area (Å²) in [6.45, 7) is 1.50. The molecule has 4 fully saturated rings. The molecule has 1 aromatic rings. The molecule has 0 amide bonds. The average molecular weight is 303 g/mol. The molecule has 1 N–H and O–H groups in total.